The van der Waals surface area contributed by atoms with E-state index in [4.69, 9.17) is 4.74 Å². The number of ketones is 1. The maximum Gasteiger partial charge on any atom is 0.166 e. The summed E-state index contributed by atoms with van der Waals surface area (Å²) in [4.78, 5) is 11.9. The number of carbonyl (C=O) groups excluding carboxylic acids is 1. The predicted octanol–water partition coefficient (Wildman–Crippen LogP) is 2.36. The first-order valence-corrected chi connectivity index (χ1v) is 5.50. The Hall–Kier alpha value is -1.22. The molecule has 0 amide bonds. The molecule has 0 spiro atoms. The van der Waals surface area contributed by atoms with Crippen LogP contribution in [0.2, 0.25) is 0 Å². The van der Waals surface area contributed by atoms with Crippen LogP contribution in [-0.2, 0) is 16.0 Å². The standard InChI is InChI=1S/C13H15FO2/c1-16-13(10-5-6-10)12(15)8-9-3-2-4-11(14)7-9/h2-4,7,10,13H,5-6,8H2,1H3. The number of benzene rings is 1. The zero-order valence-electron chi connectivity index (χ0n) is 9.28. The van der Waals surface area contributed by atoms with E-state index in [0.717, 1.165) is 12.8 Å². The van der Waals surface area contributed by atoms with Crippen LogP contribution in [0.4, 0.5) is 4.39 Å². The summed E-state index contributed by atoms with van der Waals surface area (Å²) in [5, 5.41) is 0. The van der Waals surface area contributed by atoms with E-state index in [1.165, 1.54) is 12.1 Å². The molecule has 0 bridgehead atoms. The van der Waals surface area contributed by atoms with Gasteiger partial charge in [0.1, 0.15) is 11.9 Å². The van der Waals surface area contributed by atoms with Gasteiger partial charge in [-0.3, -0.25) is 4.79 Å². The SMILES string of the molecule is COC(C(=O)Cc1cccc(F)c1)C1CC1. The Labute approximate surface area is 94.4 Å². The molecule has 0 heterocycles. The Kier molecular flexibility index (Phi) is 3.34. The van der Waals surface area contributed by atoms with Crippen molar-refractivity contribution in [3.63, 3.8) is 0 Å². The molecule has 1 fully saturated rings. The predicted molar refractivity (Wildman–Crippen MR) is 58.6 cm³/mol. The first-order chi connectivity index (χ1) is 7.70. The van der Waals surface area contributed by atoms with Crippen LogP contribution in [0.1, 0.15) is 18.4 Å². The molecule has 1 aromatic rings. The quantitative estimate of drug-likeness (QED) is 0.764. The maximum absolute atomic E-state index is 12.9. The van der Waals surface area contributed by atoms with Gasteiger partial charge in [0.2, 0.25) is 0 Å². The van der Waals surface area contributed by atoms with Crippen molar-refractivity contribution in [3.8, 4) is 0 Å². The van der Waals surface area contributed by atoms with E-state index in [9.17, 15) is 9.18 Å². The lowest BCUT2D eigenvalue weighted by atomic mass is 10.0. The van der Waals surface area contributed by atoms with Gasteiger partial charge in [-0.1, -0.05) is 12.1 Å². The average molecular weight is 222 g/mol. The van der Waals surface area contributed by atoms with Gasteiger partial charge in [0.15, 0.2) is 5.78 Å². The van der Waals surface area contributed by atoms with Crippen LogP contribution in [-0.4, -0.2) is 19.0 Å². The van der Waals surface area contributed by atoms with Crippen molar-refractivity contribution in [2.24, 2.45) is 5.92 Å². The monoisotopic (exact) mass is 222 g/mol. The van der Waals surface area contributed by atoms with Gasteiger partial charge in [-0.05, 0) is 36.5 Å². The first kappa shape index (κ1) is 11.3. The Balaban J connectivity index is 2.00. The summed E-state index contributed by atoms with van der Waals surface area (Å²) in [7, 11) is 1.56. The molecule has 1 unspecified atom stereocenters. The van der Waals surface area contributed by atoms with Crippen LogP contribution in [0.25, 0.3) is 0 Å². The van der Waals surface area contributed by atoms with E-state index < -0.39 is 0 Å². The van der Waals surface area contributed by atoms with Crippen LogP contribution >= 0.6 is 0 Å². The maximum atomic E-state index is 12.9. The van der Waals surface area contributed by atoms with Crippen molar-refractivity contribution in [1.82, 2.24) is 0 Å². The van der Waals surface area contributed by atoms with Gasteiger partial charge < -0.3 is 4.74 Å². The van der Waals surface area contributed by atoms with Crippen molar-refractivity contribution in [3.05, 3.63) is 35.6 Å². The molecule has 1 aromatic carbocycles. The van der Waals surface area contributed by atoms with Crippen LogP contribution in [0, 0.1) is 11.7 Å². The molecule has 1 aliphatic carbocycles. The number of carbonyl (C=O) groups is 1. The number of rotatable bonds is 5. The highest BCUT2D eigenvalue weighted by molar-refractivity contribution is 5.85. The molecule has 3 heteroatoms. The average Bonchev–Trinajstić information content (AvgIpc) is 3.03. The lowest BCUT2D eigenvalue weighted by molar-refractivity contribution is -0.129. The molecule has 1 atom stereocenters. The van der Waals surface area contributed by atoms with Crippen molar-refractivity contribution in [2.45, 2.75) is 25.4 Å². The first-order valence-electron chi connectivity index (χ1n) is 5.50. The van der Waals surface area contributed by atoms with Crippen molar-refractivity contribution in [2.75, 3.05) is 7.11 Å². The minimum Gasteiger partial charge on any atom is -0.373 e. The van der Waals surface area contributed by atoms with Crippen LogP contribution < -0.4 is 0 Å². The van der Waals surface area contributed by atoms with Crippen LogP contribution in [0.3, 0.4) is 0 Å². The minimum atomic E-state index is -0.303. The zero-order chi connectivity index (χ0) is 11.5. The molecule has 1 saturated carbocycles. The molecule has 1 aliphatic rings. The highest BCUT2D eigenvalue weighted by Crippen LogP contribution is 2.34. The third-order valence-corrected chi connectivity index (χ3v) is 2.89. The molecule has 2 nitrogen and oxygen atoms in total. The Bertz CT molecular complexity index is 385. The van der Waals surface area contributed by atoms with E-state index >= 15 is 0 Å². The van der Waals surface area contributed by atoms with E-state index in [0.29, 0.717) is 11.5 Å². The summed E-state index contributed by atoms with van der Waals surface area (Å²) in [6, 6.07) is 6.16. The largest absolute Gasteiger partial charge is 0.373 e. The molecule has 0 radical (unpaired) electrons. The Morgan fingerprint density at radius 1 is 1.56 bits per heavy atom. The molecule has 0 saturated heterocycles. The number of halogens is 1. The Morgan fingerprint density at radius 3 is 2.88 bits per heavy atom. The number of hydrogen-bond acceptors (Lipinski definition) is 2. The van der Waals surface area contributed by atoms with Gasteiger partial charge in [0.25, 0.3) is 0 Å². The van der Waals surface area contributed by atoms with Crippen LogP contribution in [0.5, 0.6) is 0 Å². The van der Waals surface area contributed by atoms with Gasteiger partial charge in [-0.2, -0.15) is 0 Å². The second-order valence-electron chi connectivity index (χ2n) is 4.27. The minimum absolute atomic E-state index is 0.0515. The highest BCUT2D eigenvalue weighted by atomic mass is 19.1. The van der Waals surface area contributed by atoms with Crippen LogP contribution in [0.15, 0.2) is 24.3 Å². The summed E-state index contributed by atoms with van der Waals surface area (Å²) >= 11 is 0. The molecule has 0 aromatic heterocycles. The van der Waals surface area contributed by atoms with Crippen molar-refractivity contribution >= 4 is 5.78 Å². The van der Waals surface area contributed by atoms with Gasteiger partial charge >= 0.3 is 0 Å². The smallest absolute Gasteiger partial charge is 0.166 e. The van der Waals surface area contributed by atoms with E-state index in [2.05, 4.69) is 0 Å². The topological polar surface area (TPSA) is 26.3 Å². The molecular weight excluding hydrogens is 207 g/mol. The Morgan fingerprint density at radius 2 is 2.31 bits per heavy atom. The fourth-order valence-electron chi connectivity index (χ4n) is 1.93. The third-order valence-electron chi connectivity index (χ3n) is 2.89. The summed E-state index contributed by atoms with van der Waals surface area (Å²) in [6.07, 6.45) is 2.08. The van der Waals surface area contributed by atoms with Gasteiger partial charge in [0, 0.05) is 13.5 Å². The van der Waals surface area contributed by atoms with E-state index in [1.54, 1.807) is 19.2 Å². The number of Topliss-reactive ketones (excluding diaryl/α,β-unsaturated/α-hetero) is 1. The summed E-state index contributed by atoms with van der Waals surface area (Å²) in [6.45, 7) is 0. The van der Waals surface area contributed by atoms with Crippen molar-refractivity contribution < 1.29 is 13.9 Å². The molecule has 16 heavy (non-hydrogen) atoms. The normalized spacial score (nSPS) is 17.1. The molecule has 86 valence electrons. The second kappa shape index (κ2) is 4.74. The summed E-state index contributed by atoms with van der Waals surface area (Å²) in [5.41, 5.74) is 0.715. The number of ether oxygens (including phenoxy) is 1. The zero-order valence-corrected chi connectivity index (χ0v) is 9.28. The van der Waals surface area contributed by atoms with E-state index in [-0.39, 0.29) is 24.1 Å². The van der Waals surface area contributed by atoms with Crippen molar-refractivity contribution in [1.29, 1.82) is 0 Å². The van der Waals surface area contributed by atoms with Gasteiger partial charge in [-0.25, -0.2) is 4.39 Å². The lowest BCUT2D eigenvalue weighted by Gasteiger charge is -2.12. The molecular formula is C13H15FO2. The number of hydrogen-bond donors (Lipinski definition) is 0. The fourth-order valence-corrected chi connectivity index (χ4v) is 1.93. The third kappa shape index (κ3) is 2.67. The molecule has 0 N–H and O–H groups in total. The highest BCUT2D eigenvalue weighted by Gasteiger charge is 2.35. The van der Waals surface area contributed by atoms with Gasteiger partial charge in [-0.15, -0.1) is 0 Å². The number of methoxy groups -OCH3 is 1. The fraction of sp³-hybridized carbons (Fsp3) is 0.462. The lowest BCUT2D eigenvalue weighted by Crippen LogP contribution is -2.26. The summed E-state index contributed by atoms with van der Waals surface area (Å²) < 4.78 is 18.1. The van der Waals surface area contributed by atoms with E-state index in [1.807, 2.05) is 0 Å². The molecule has 2 rings (SSSR count). The second-order valence-corrected chi connectivity index (χ2v) is 4.27. The molecule has 0 aliphatic heterocycles. The van der Waals surface area contributed by atoms with Gasteiger partial charge in [0.05, 0.1) is 0 Å². The summed E-state index contributed by atoms with van der Waals surface area (Å²) in [5.74, 6) is 0.132.